The molecule has 5 nitrogen and oxygen atoms in total. The number of hydrogen-bond donors (Lipinski definition) is 2. The first kappa shape index (κ1) is 15.7. The first-order chi connectivity index (χ1) is 10.0. The van der Waals surface area contributed by atoms with Gasteiger partial charge in [0, 0.05) is 12.2 Å². The van der Waals surface area contributed by atoms with Gasteiger partial charge in [0.25, 0.3) is 5.91 Å². The number of thiophene rings is 1. The summed E-state index contributed by atoms with van der Waals surface area (Å²) in [4.78, 5) is 12.7. The van der Waals surface area contributed by atoms with Crippen LogP contribution in [0.4, 0.5) is 5.69 Å². The van der Waals surface area contributed by atoms with E-state index in [1.165, 1.54) is 23.5 Å². The molecule has 0 aliphatic heterocycles. The molecule has 7 heteroatoms. The lowest BCUT2D eigenvalue weighted by molar-refractivity contribution is 0.103. The largest absolute Gasteiger partial charge is 0.321 e. The molecule has 1 aromatic carbocycles. The Bertz CT molecular complexity index is 692. The molecule has 0 fully saturated rings. The van der Waals surface area contributed by atoms with Crippen LogP contribution in [0, 0.1) is 0 Å². The number of rotatable bonds is 6. The van der Waals surface area contributed by atoms with Crippen LogP contribution in [-0.2, 0) is 10.0 Å². The lowest BCUT2D eigenvalue weighted by Crippen LogP contribution is -2.24. The van der Waals surface area contributed by atoms with Crippen molar-refractivity contribution >= 4 is 33.0 Å². The molecule has 1 amide bonds. The van der Waals surface area contributed by atoms with Crippen molar-refractivity contribution in [1.82, 2.24) is 4.72 Å². The Morgan fingerprint density at radius 1 is 1.19 bits per heavy atom. The van der Waals surface area contributed by atoms with E-state index in [1.54, 1.807) is 24.3 Å². The quantitative estimate of drug-likeness (QED) is 0.858. The van der Waals surface area contributed by atoms with Crippen LogP contribution in [0.15, 0.2) is 46.7 Å². The Hall–Kier alpha value is -1.70. The summed E-state index contributed by atoms with van der Waals surface area (Å²) in [5.41, 5.74) is 0.558. The molecule has 0 saturated heterocycles. The van der Waals surface area contributed by atoms with Gasteiger partial charge in [0.05, 0.1) is 9.77 Å². The Morgan fingerprint density at radius 2 is 1.90 bits per heavy atom. The van der Waals surface area contributed by atoms with E-state index in [0.717, 1.165) is 6.42 Å². The molecule has 0 bridgehead atoms. The number of benzene rings is 1. The average Bonchev–Trinajstić information content (AvgIpc) is 3.00. The van der Waals surface area contributed by atoms with Crippen molar-refractivity contribution in [2.45, 2.75) is 18.2 Å². The molecule has 0 aliphatic rings. The smallest absolute Gasteiger partial charge is 0.265 e. The lowest BCUT2D eigenvalue weighted by Gasteiger charge is -2.07. The third-order valence-electron chi connectivity index (χ3n) is 2.71. The number of sulfonamides is 1. The maximum absolute atomic E-state index is 11.9. The van der Waals surface area contributed by atoms with Gasteiger partial charge in [-0.1, -0.05) is 13.0 Å². The summed E-state index contributed by atoms with van der Waals surface area (Å²) < 4.78 is 26.3. The first-order valence-electron chi connectivity index (χ1n) is 6.47. The zero-order chi connectivity index (χ0) is 15.3. The van der Waals surface area contributed by atoms with Crippen molar-refractivity contribution in [3.8, 4) is 0 Å². The topological polar surface area (TPSA) is 75.3 Å². The van der Waals surface area contributed by atoms with Crippen molar-refractivity contribution in [1.29, 1.82) is 0 Å². The zero-order valence-electron chi connectivity index (χ0n) is 11.5. The number of anilines is 1. The maximum Gasteiger partial charge on any atom is 0.265 e. The fourth-order valence-corrected chi connectivity index (χ4v) is 3.39. The minimum absolute atomic E-state index is 0.185. The van der Waals surface area contributed by atoms with Gasteiger partial charge >= 0.3 is 0 Å². The van der Waals surface area contributed by atoms with Crippen molar-refractivity contribution in [3.05, 3.63) is 46.7 Å². The fourth-order valence-electron chi connectivity index (χ4n) is 1.64. The minimum Gasteiger partial charge on any atom is -0.321 e. The third-order valence-corrected chi connectivity index (χ3v) is 5.06. The van der Waals surface area contributed by atoms with Crippen molar-refractivity contribution in [2.24, 2.45) is 0 Å². The SMILES string of the molecule is CCCNS(=O)(=O)c1ccc(NC(=O)c2cccs2)cc1. The van der Waals surface area contributed by atoms with Crippen LogP contribution < -0.4 is 10.0 Å². The Morgan fingerprint density at radius 3 is 2.48 bits per heavy atom. The van der Waals surface area contributed by atoms with Crippen LogP contribution in [0.5, 0.6) is 0 Å². The lowest BCUT2D eigenvalue weighted by atomic mass is 10.3. The summed E-state index contributed by atoms with van der Waals surface area (Å²) in [5.74, 6) is -0.204. The van der Waals surface area contributed by atoms with E-state index in [9.17, 15) is 13.2 Å². The molecule has 112 valence electrons. The monoisotopic (exact) mass is 324 g/mol. The van der Waals surface area contributed by atoms with Gasteiger partial charge in [-0.3, -0.25) is 4.79 Å². The van der Waals surface area contributed by atoms with Crippen molar-refractivity contribution in [3.63, 3.8) is 0 Å². The number of amides is 1. The van der Waals surface area contributed by atoms with E-state index in [0.29, 0.717) is 17.1 Å². The van der Waals surface area contributed by atoms with Crippen LogP contribution in [0.2, 0.25) is 0 Å². The summed E-state index contributed by atoms with van der Waals surface area (Å²) in [6, 6.07) is 9.63. The van der Waals surface area contributed by atoms with Gasteiger partial charge in [0.15, 0.2) is 0 Å². The second-order valence-corrected chi connectivity index (χ2v) is 7.07. The third kappa shape index (κ3) is 4.13. The van der Waals surface area contributed by atoms with Gasteiger partial charge < -0.3 is 5.32 Å². The van der Waals surface area contributed by atoms with Crippen LogP contribution in [0.25, 0.3) is 0 Å². The van der Waals surface area contributed by atoms with E-state index in [2.05, 4.69) is 10.0 Å². The highest BCUT2D eigenvalue weighted by atomic mass is 32.2. The molecule has 2 rings (SSSR count). The van der Waals surface area contributed by atoms with Gasteiger partial charge in [-0.15, -0.1) is 11.3 Å². The summed E-state index contributed by atoms with van der Waals surface area (Å²) >= 11 is 1.35. The number of nitrogens with one attached hydrogen (secondary N) is 2. The summed E-state index contributed by atoms with van der Waals surface area (Å²) in [5, 5.41) is 4.55. The van der Waals surface area contributed by atoms with Crippen LogP contribution >= 0.6 is 11.3 Å². The summed E-state index contributed by atoms with van der Waals surface area (Å²) in [6.07, 6.45) is 0.730. The second kappa shape index (κ2) is 6.84. The molecule has 0 spiro atoms. The molecule has 2 N–H and O–H groups in total. The summed E-state index contributed by atoms with van der Waals surface area (Å²) in [7, 11) is -3.47. The molecule has 1 aromatic heterocycles. The number of carbonyl (C=O) groups excluding carboxylic acids is 1. The van der Waals surface area contributed by atoms with Gasteiger partial charge in [0.2, 0.25) is 10.0 Å². The van der Waals surface area contributed by atoms with E-state index < -0.39 is 10.0 Å². The van der Waals surface area contributed by atoms with Gasteiger partial charge in [-0.05, 0) is 42.1 Å². The molecule has 0 saturated carbocycles. The predicted octanol–water partition coefficient (Wildman–Crippen LogP) is 2.69. The zero-order valence-corrected chi connectivity index (χ0v) is 13.1. The van der Waals surface area contributed by atoms with Gasteiger partial charge in [-0.2, -0.15) is 0 Å². The molecular formula is C14H16N2O3S2. The molecule has 21 heavy (non-hydrogen) atoms. The van der Waals surface area contributed by atoms with E-state index in [1.807, 2.05) is 12.3 Å². The molecule has 1 heterocycles. The fraction of sp³-hybridized carbons (Fsp3) is 0.214. The standard InChI is InChI=1S/C14H16N2O3S2/c1-2-9-15-21(18,19)12-7-5-11(6-8-12)16-14(17)13-4-3-10-20-13/h3-8,10,15H,2,9H2,1H3,(H,16,17). The highest BCUT2D eigenvalue weighted by Crippen LogP contribution is 2.16. The molecule has 2 aromatic rings. The van der Waals surface area contributed by atoms with Gasteiger partial charge in [-0.25, -0.2) is 13.1 Å². The van der Waals surface area contributed by atoms with Crippen LogP contribution in [0.1, 0.15) is 23.0 Å². The van der Waals surface area contributed by atoms with Crippen molar-refractivity contribution < 1.29 is 13.2 Å². The number of hydrogen-bond acceptors (Lipinski definition) is 4. The second-order valence-electron chi connectivity index (χ2n) is 4.35. The minimum atomic E-state index is -3.47. The van der Waals surface area contributed by atoms with E-state index >= 15 is 0 Å². The van der Waals surface area contributed by atoms with Crippen LogP contribution in [0.3, 0.4) is 0 Å². The summed E-state index contributed by atoms with van der Waals surface area (Å²) in [6.45, 7) is 2.30. The highest BCUT2D eigenvalue weighted by Gasteiger charge is 2.13. The molecule has 0 radical (unpaired) electrons. The van der Waals surface area contributed by atoms with E-state index in [4.69, 9.17) is 0 Å². The maximum atomic E-state index is 11.9. The average molecular weight is 324 g/mol. The molecule has 0 unspecified atom stereocenters. The van der Waals surface area contributed by atoms with E-state index in [-0.39, 0.29) is 10.8 Å². The van der Waals surface area contributed by atoms with Gasteiger partial charge in [0.1, 0.15) is 0 Å². The Balaban J connectivity index is 2.07. The number of carbonyl (C=O) groups is 1. The van der Waals surface area contributed by atoms with Crippen LogP contribution in [-0.4, -0.2) is 20.9 Å². The first-order valence-corrected chi connectivity index (χ1v) is 8.84. The predicted molar refractivity (Wildman–Crippen MR) is 84.2 cm³/mol. The molecule has 0 atom stereocenters. The Labute approximate surface area is 128 Å². The highest BCUT2D eigenvalue weighted by molar-refractivity contribution is 7.89. The van der Waals surface area contributed by atoms with Crippen molar-refractivity contribution in [2.75, 3.05) is 11.9 Å². The molecular weight excluding hydrogens is 308 g/mol. The molecule has 0 aliphatic carbocycles. The normalized spacial score (nSPS) is 11.3. The Kier molecular flexibility index (Phi) is 5.11.